The molecule has 1 aliphatic carbocycles. The lowest BCUT2D eigenvalue weighted by Crippen LogP contribution is -2.49. The van der Waals surface area contributed by atoms with Crippen LogP contribution < -0.4 is 0 Å². The summed E-state index contributed by atoms with van der Waals surface area (Å²) in [5.74, 6) is -0.0740. The fourth-order valence-corrected chi connectivity index (χ4v) is 5.99. The van der Waals surface area contributed by atoms with Crippen molar-refractivity contribution in [1.82, 2.24) is 9.21 Å². The fraction of sp³-hybridized carbons (Fsp3) is 0.688. The molecular formula is C16H24N2O3S2. The van der Waals surface area contributed by atoms with Gasteiger partial charge in [-0.3, -0.25) is 4.79 Å². The lowest BCUT2D eigenvalue weighted by molar-refractivity contribution is -0.139. The van der Waals surface area contributed by atoms with Crippen molar-refractivity contribution in [1.29, 1.82) is 0 Å². The molecule has 0 aromatic carbocycles. The number of piperidine rings is 1. The molecule has 1 aromatic heterocycles. The van der Waals surface area contributed by atoms with E-state index in [0.717, 1.165) is 25.7 Å². The monoisotopic (exact) mass is 356 g/mol. The molecule has 3 rings (SSSR count). The van der Waals surface area contributed by atoms with Crippen LogP contribution in [-0.2, 0) is 14.8 Å². The molecule has 1 unspecified atom stereocenters. The van der Waals surface area contributed by atoms with Crippen molar-refractivity contribution in [2.24, 2.45) is 5.92 Å². The Morgan fingerprint density at radius 2 is 2.09 bits per heavy atom. The van der Waals surface area contributed by atoms with Gasteiger partial charge in [0.15, 0.2) is 0 Å². The minimum absolute atomic E-state index is 0.133. The van der Waals surface area contributed by atoms with E-state index >= 15 is 0 Å². The van der Waals surface area contributed by atoms with E-state index in [9.17, 15) is 13.2 Å². The number of rotatable bonds is 5. The van der Waals surface area contributed by atoms with Crippen molar-refractivity contribution in [3.05, 3.63) is 17.5 Å². The zero-order valence-electron chi connectivity index (χ0n) is 13.6. The Balaban J connectivity index is 1.74. The molecule has 5 nitrogen and oxygen atoms in total. The molecule has 2 aliphatic rings. The van der Waals surface area contributed by atoms with Gasteiger partial charge >= 0.3 is 0 Å². The van der Waals surface area contributed by atoms with E-state index in [-0.39, 0.29) is 17.9 Å². The summed E-state index contributed by atoms with van der Waals surface area (Å²) in [7, 11) is -3.45. The zero-order valence-corrected chi connectivity index (χ0v) is 15.3. The van der Waals surface area contributed by atoms with Gasteiger partial charge in [-0.05, 0) is 51.0 Å². The maximum atomic E-state index is 12.9. The molecule has 2 fully saturated rings. The van der Waals surface area contributed by atoms with Crippen molar-refractivity contribution < 1.29 is 13.2 Å². The standard InChI is InChI=1S/C16H24N2O3S2/c1-12(2)18(14-7-8-14)16(19)13-5-3-9-17(11-13)23(20,21)15-6-4-10-22-15/h4,6,10,12-14H,3,5,7-9,11H2,1-2H3. The van der Waals surface area contributed by atoms with E-state index < -0.39 is 10.0 Å². The minimum atomic E-state index is -3.45. The highest BCUT2D eigenvalue weighted by Crippen LogP contribution is 2.33. The topological polar surface area (TPSA) is 57.7 Å². The molecule has 128 valence electrons. The van der Waals surface area contributed by atoms with E-state index in [4.69, 9.17) is 0 Å². The van der Waals surface area contributed by atoms with Gasteiger partial charge in [-0.25, -0.2) is 8.42 Å². The van der Waals surface area contributed by atoms with E-state index in [2.05, 4.69) is 0 Å². The summed E-state index contributed by atoms with van der Waals surface area (Å²) >= 11 is 1.23. The van der Waals surface area contributed by atoms with Gasteiger partial charge in [-0.2, -0.15) is 4.31 Å². The first-order valence-electron chi connectivity index (χ1n) is 8.27. The Labute approximate surface area is 142 Å². The largest absolute Gasteiger partial charge is 0.337 e. The van der Waals surface area contributed by atoms with Crippen LogP contribution in [0.3, 0.4) is 0 Å². The highest BCUT2D eigenvalue weighted by Gasteiger charge is 2.40. The third-order valence-corrected chi connectivity index (χ3v) is 7.81. The van der Waals surface area contributed by atoms with Crippen molar-refractivity contribution in [2.75, 3.05) is 13.1 Å². The first-order chi connectivity index (χ1) is 10.9. The quantitative estimate of drug-likeness (QED) is 0.815. The minimum Gasteiger partial charge on any atom is -0.337 e. The fourth-order valence-electron chi connectivity index (χ4n) is 3.32. The van der Waals surface area contributed by atoms with Gasteiger partial charge in [0.25, 0.3) is 10.0 Å². The van der Waals surface area contributed by atoms with Gasteiger partial charge < -0.3 is 4.90 Å². The number of carbonyl (C=O) groups is 1. The molecule has 7 heteroatoms. The van der Waals surface area contributed by atoms with Crippen molar-refractivity contribution in [2.45, 2.75) is 55.8 Å². The van der Waals surface area contributed by atoms with Crippen LogP contribution in [0, 0.1) is 5.92 Å². The molecule has 0 bridgehead atoms. The summed E-state index contributed by atoms with van der Waals surface area (Å²) in [6.07, 6.45) is 3.69. The highest BCUT2D eigenvalue weighted by atomic mass is 32.2. The third-order valence-electron chi connectivity index (χ3n) is 4.57. The van der Waals surface area contributed by atoms with Gasteiger partial charge in [-0.15, -0.1) is 11.3 Å². The second-order valence-corrected chi connectivity index (χ2v) is 9.82. The summed E-state index contributed by atoms with van der Waals surface area (Å²) in [6.45, 7) is 4.91. The Kier molecular flexibility index (Phi) is 4.80. The highest BCUT2D eigenvalue weighted by molar-refractivity contribution is 7.91. The lowest BCUT2D eigenvalue weighted by atomic mass is 9.97. The molecule has 1 atom stereocenters. The predicted octanol–water partition coefficient (Wildman–Crippen LogP) is 2.55. The van der Waals surface area contributed by atoms with Crippen LogP contribution in [0.5, 0.6) is 0 Å². The first kappa shape index (κ1) is 16.9. The molecule has 1 aromatic rings. The maximum Gasteiger partial charge on any atom is 0.252 e. The van der Waals surface area contributed by atoms with Crippen LogP contribution >= 0.6 is 11.3 Å². The number of amides is 1. The second-order valence-electron chi connectivity index (χ2n) is 6.70. The van der Waals surface area contributed by atoms with Crippen LogP contribution in [0.4, 0.5) is 0 Å². The summed E-state index contributed by atoms with van der Waals surface area (Å²) in [6, 6.07) is 3.93. The van der Waals surface area contributed by atoms with E-state index in [1.165, 1.54) is 15.6 Å². The summed E-state index contributed by atoms with van der Waals surface area (Å²) < 4.78 is 27.2. The summed E-state index contributed by atoms with van der Waals surface area (Å²) in [5, 5.41) is 1.77. The maximum absolute atomic E-state index is 12.9. The Bertz CT molecular complexity index is 649. The average Bonchev–Trinajstić information content (AvgIpc) is 3.17. The Morgan fingerprint density at radius 3 is 2.65 bits per heavy atom. The van der Waals surface area contributed by atoms with Crippen LogP contribution in [0.1, 0.15) is 39.5 Å². The van der Waals surface area contributed by atoms with Crippen molar-refractivity contribution in [3.63, 3.8) is 0 Å². The Morgan fingerprint density at radius 1 is 1.35 bits per heavy atom. The second kappa shape index (κ2) is 6.53. The van der Waals surface area contributed by atoms with Crippen LogP contribution in [-0.4, -0.2) is 48.7 Å². The van der Waals surface area contributed by atoms with Gasteiger partial charge in [0.05, 0.1) is 5.92 Å². The number of nitrogens with zero attached hydrogens (tertiary/aromatic N) is 2. The predicted molar refractivity (Wildman–Crippen MR) is 90.8 cm³/mol. The van der Waals surface area contributed by atoms with Gasteiger partial charge in [0.2, 0.25) is 5.91 Å². The molecule has 1 amide bonds. The number of carbonyl (C=O) groups excluding carboxylic acids is 1. The number of thiophene rings is 1. The molecule has 2 heterocycles. The van der Waals surface area contributed by atoms with E-state index in [1.807, 2.05) is 18.7 Å². The number of sulfonamides is 1. The number of hydrogen-bond acceptors (Lipinski definition) is 4. The Hall–Kier alpha value is -0.920. The van der Waals surface area contributed by atoms with Crippen molar-refractivity contribution >= 4 is 27.3 Å². The SMILES string of the molecule is CC(C)N(C(=O)C1CCCN(S(=O)(=O)c2cccs2)C1)C1CC1. The van der Waals surface area contributed by atoms with E-state index in [1.54, 1.807) is 17.5 Å². The molecule has 0 spiro atoms. The normalized spacial score (nSPS) is 23.2. The first-order valence-corrected chi connectivity index (χ1v) is 10.6. The average molecular weight is 357 g/mol. The van der Waals surface area contributed by atoms with Crippen LogP contribution in [0.15, 0.2) is 21.7 Å². The molecule has 23 heavy (non-hydrogen) atoms. The molecule has 1 aliphatic heterocycles. The third kappa shape index (κ3) is 3.46. The van der Waals surface area contributed by atoms with Gasteiger partial charge in [-0.1, -0.05) is 6.07 Å². The molecule has 1 saturated heterocycles. The van der Waals surface area contributed by atoms with Crippen molar-refractivity contribution in [3.8, 4) is 0 Å². The van der Waals surface area contributed by atoms with Crippen LogP contribution in [0.25, 0.3) is 0 Å². The summed E-state index contributed by atoms with van der Waals surface area (Å²) in [5.41, 5.74) is 0. The summed E-state index contributed by atoms with van der Waals surface area (Å²) in [4.78, 5) is 14.9. The van der Waals surface area contributed by atoms with Gasteiger partial charge in [0, 0.05) is 25.2 Å². The number of hydrogen-bond donors (Lipinski definition) is 0. The lowest BCUT2D eigenvalue weighted by Gasteiger charge is -2.36. The molecule has 0 radical (unpaired) electrons. The molecule has 0 N–H and O–H groups in total. The molecule has 1 saturated carbocycles. The molecular weight excluding hydrogens is 332 g/mol. The van der Waals surface area contributed by atoms with E-state index in [0.29, 0.717) is 23.3 Å². The zero-order chi connectivity index (χ0) is 16.6. The van der Waals surface area contributed by atoms with Gasteiger partial charge in [0.1, 0.15) is 4.21 Å². The van der Waals surface area contributed by atoms with Crippen LogP contribution in [0.2, 0.25) is 0 Å². The smallest absolute Gasteiger partial charge is 0.252 e.